The molecule has 3 N–H and O–H groups in total. The maximum absolute atomic E-state index is 13.4. The van der Waals surface area contributed by atoms with E-state index in [9.17, 15) is 23.3 Å². The van der Waals surface area contributed by atoms with E-state index in [1.807, 2.05) is 24.3 Å². The molecule has 1 amide bonds. The summed E-state index contributed by atoms with van der Waals surface area (Å²) in [6.45, 7) is 0.635. The van der Waals surface area contributed by atoms with Gasteiger partial charge in [0.2, 0.25) is 21.0 Å². The Bertz CT molecular complexity index is 1400. The van der Waals surface area contributed by atoms with Gasteiger partial charge in [-0.15, -0.1) is 0 Å². The standard InChI is InChI=1S/C24H24ClN5O6S/c25-24(36-21-9-2-1-8-20(21)30(32)33)12-4-3-10-22(24)37(34,35)28-19-11-13-29(23(19)31)16-18-7-5-6-17(14-18)15-27-26/h1-10,12,14-15,19,22,28H,11,13,16,26H2/t19-,22?,24?/m0/s1. The van der Waals surface area contributed by atoms with Gasteiger partial charge in [0.05, 0.1) is 11.1 Å². The van der Waals surface area contributed by atoms with Crippen LogP contribution < -0.4 is 15.3 Å². The second-order valence-electron chi connectivity index (χ2n) is 8.48. The Morgan fingerprint density at radius 2 is 2.05 bits per heavy atom. The predicted octanol–water partition coefficient (Wildman–Crippen LogP) is 2.42. The summed E-state index contributed by atoms with van der Waals surface area (Å²) in [5.41, 5.74) is 1.25. The van der Waals surface area contributed by atoms with E-state index in [0.717, 1.165) is 11.1 Å². The van der Waals surface area contributed by atoms with Gasteiger partial charge in [-0.2, -0.15) is 5.10 Å². The number of benzene rings is 2. The van der Waals surface area contributed by atoms with E-state index >= 15 is 0 Å². The minimum Gasteiger partial charge on any atom is -0.459 e. The smallest absolute Gasteiger partial charge is 0.311 e. The number of carbonyl (C=O) groups excluding carboxylic acids is 1. The number of carbonyl (C=O) groups is 1. The van der Waals surface area contributed by atoms with Crippen molar-refractivity contribution >= 4 is 39.4 Å². The normalized spacial score (nSPS) is 23.6. The largest absolute Gasteiger partial charge is 0.459 e. The van der Waals surface area contributed by atoms with Crippen LogP contribution in [0.1, 0.15) is 17.5 Å². The van der Waals surface area contributed by atoms with E-state index in [1.165, 1.54) is 54.8 Å². The summed E-state index contributed by atoms with van der Waals surface area (Å²) < 4.78 is 35.0. The third-order valence-corrected chi connectivity index (χ3v) is 8.28. The van der Waals surface area contributed by atoms with Crippen LogP contribution in [0.25, 0.3) is 0 Å². The number of hydrogen-bond donors (Lipinski definition) is 2. The van der Waals surface area contributed by atoms with Crippen molar-refractivity contribution in [1.82, 2.24) is 9.62 Å². The highest BCUT2D eigenvalue weighted by molar-refractivity contribution is 7.90. The number of rotatable bonds is 9. The molecule has 0 bridgehead atoms. The quantitative estimate of drug-likeness (QED) is 0.161. The van der Waals surface area contributed by atoms with Crippen LogP contribution in [0.4, 0.5) is 5.69 Å². The van der Waals surface area contributed by atoms with Gasteiger partial charge in [-0.05, 0) is 35.8 Å². The lowest BCUT2D eigenvalue weighted by atomic mass is 10.1. The van der Waals surface area contributed by atoms with Crippen molar-refractivity contribution in [3.8, 4) is 5.75 Å². The first-order valence-electron chi connectivity index (χ1n) is 11.2. The highest BCUT2D eigenvalue weighted by Gasteiger charge is 2.48. The van der Waals surface area contributed by atoms with Crippen molar-refractivity contribution in [3.05, 3.63) is 94.1 Å². The van der Waals surface area contributed by atoms with Gasteiger partial charge in [0.25, 0.3) is 0 Å². The second kappa shape index (κ2) is 10.7. The Morgan fingerprint density at radius 1 is 1.27 bits per heavy atom. The maximum Gasteiger partial charge on any atom is 0.311 e. The van der Waals surface area contributed by atoms with E-state index < -0.39 is 31.3 Å². The SMILES string of the molecule is NN=Cc1cccc(CN2CC[C@H](NS(=O)(=O)C3C=CC=CC3(Cl)Oc3ccccc3[N+](=O)[O-])C2=O)c1. The topological polar surface area (TPSA) is 157 Å². The van der Waals surface area contributed by atoms with Crippen LogP contribution in [0.15, 0.2) is 77.9 Å². The van der Waals surface area contributed by atoms with Gasteiger partial charge in [-0.3, -0.25) is 14.9 Å². The summed E-state index contributed by atoms with van der Waals surface area (Å²) in [6.07, 6.45) is 7.33. The van der Waals surface area contributed by atoms with Crippen molar-refractivity contribution in [2.24, 2.45) is 10.9 Å². The average molecular weight is 546 g/mol. The molecule has 3 atom stereocenters. The molecule has 2 aromatic rings. The number of sulfonamides is 1. The van der Waals surface area contributed by atoms with E-state index in [-0.39, 0.29) is 30.3 Å². The fourth-order valence-electron chi connectivity index (χ4n) is 4.20. The molecule has 1 aliphatic carbocycles. The monoisotopic (exact) mass is 545 g/mol. The van der Waals surface area contributed by atoms with Crippen molar-refractivity contribution in [2.45, 2.75) is 29.3 Å². The molecular weight excluding hydrogens is 522 g/mol. The lowest BCUT2D eigenvalue weighted by Gasteiger charge is -2.33. The van der Waals surface area contributed by atoms with E-state index in [2.05, 4.69) is 9.82 Å². The molecule has 1 aliphatic heterocycles. The molecule has 2 aromatic carbocycles. The predicted molar refractivity (Wildman–Crippen MR) is 138 cm³/mol. The summed E-state index contributed by atoms with van der Waals surface area (Å²) in [6, 6.07) is 11.8. The van der Waals surface area contributed by atoms with E-state index in [1.54, 1.807) is 4.90 Å². The lowest BCUT2D eigenvalue weighted by Crippen LogP contribution is -2.53. The molecule has 194 valence electrons. The minimum absolute atomic E-state index is 0.187. The number of likely N-dealkylation sites (tertiary alicyclic amines) is 1. The van der Waals surface area contributed by atoms with Gasteiger partial charge >= 0.3 is 5.69 Å². The summed E-state index contributed by atoms with van der Waals surface area (Å²) in [5, 5.41) is 11.4. The third-order valence-electron chi connectivity index (χ3n) is 5.92. The number of nitrogens with two attached hydrogens (primary N) is 1. The molecule has 37 heavy (non-hydrogen) atoms. The zero-order valence-corrected chi connectivity index (χ0v) is 21.0. The Labute approximate surface area is 218 Å². The lowest BCUT2D eigenvalue weighted by molar-refractivity contribution is -0.386. The zero-order valence-electron chi connectivity index (χ0n) is 19.4. The third kappa shape index (κ3) is 5.82. The van der Waals surface area contributed by atoms with E-state index in [0.29, 0.717) is 6.54 Å². The molecule has 2 aliphatic rings. The molecule has 13 heteroatoms. The van der Waals surface area contributed by atoms with Crippen LogP contribution in [0, 0.1) is 10.1 Å². The zero-order chi connectivity index (χ0) is 26.6. The van der Waals surface area contributed by atoms with Gasteiger partial charge in [0.1, 0.15) is 6.04 Å². The molecule has 11 nitrogen and oxygen atoms in total. The number of hydrazone groups is 1. The number of nitrogens with one attached hydrogen (secondary N) is 1. The molecule has 1 heterocycles. The van der Waals surface area contributed by atoms with Gasteiger partial charge < -0.3 is 15.5 Å². The number of ether oxygens (including phenoxy) is 1. The Kier molecular flexibility index (Phi) is 7.62. The molecule has 1 saturated heterocycles. The molecule has 0 spiro atoms. The molecule has 1 fully saturated rings. The van der Waals surface area contributed by atoms with Crippen LogP contribution in [0.3, 0.4) is 0 Å². The number of nitrogens with zero attached hydrogens (tertiary/aromatic N) is 3. The molecule has 4 rings (SSSR count). The van der Waals surface area contributed by atoms with Crippen LogP contribution in [-0.4, -0.2) is 53.3 Å². The Balaban J connectivity index is 1.50. The van der Waals surface area contributed by atoms with Crippen molar-refractivity contribution in [1.29, 1.82) is 0 Å². The van der Waals surface area contributed by atoms with Gasteiger partial charge in [0.15, 0.2) is 11.0 Å². The van der Waals surface area contributed by atoms with Gasteiger partial charge in [-0.25, -0.2) is 13.1 Å². The summed E-state index contributed by atoms with van der Waals surface area (Å²) >= 11 is 6.62. The number of hydrogen-bond acceptors (Lipinski definition) is 8. The molecule has 2 unspecified atom stereocenters. The van der Waals surface area contributed by atoms with Gasteiger partial charge in [-0.1, -0.05) is 60.2 Å². The first-order chi connectivity index (χ1) is 17.6. The number of allylic oxidation sites excluding steroid dienone is 2. The fourth-order valence-corrected chi connectivity index (χ4v) is 6.39. The second-order valence-corrected chi connectivity index (χ2v) is 10.9. The van der Waals surface area contributed by atoms with Gasteiger partial charge in [0, 0.05) is 19.2 Å². The first-order valence-corrected chi connectivity index (χ1v) is 13.1. The molecule has 0 radical (unpaired) electrons. The maximum atomic E-state index is 13.4. The average Bonchev–Trinajstić information content (AvgIpc) is 3.18. The van der Waals surface area contributed by atoms with Crippen LogP contribution in [-0.2, 0) is 21.4 Å². The minimum atomic E-state index is -4.26. The highest BCUT2D eigenvalue weighted by atomic mass is 35.5. The van der Waals surface area contributed by atoms with Crippen molar-refractivity contribution < 1.29 is 22.9 Å². The van der Waals surface area contributed by atoms with Crippen molar-refractivity contribution in [3.63, 3.8) is 0 Å². The number of nitro benzene ring substituents is 1. The molecule has 0 aromatic heterocycles. The number of para-hydroxylation sites is 2. The summed E-state index contributed by atoms with van der Waals surface area (Å²) in [5.74, 6) is 4.63. The fraction of sp³-hybridized carbons (Fsp3) is 0.250. The Morgan fingerprint density at radius 3 is 2.81 bits per heavy atom. The Hall–Kier alpha value is -3.74. The van der Waals surface area contributed by atoms with E-state index in [4.69, 9.17) is 22.2 Å². The van der Waals surface area contributed by atoms with Crippen LogP contribution in [0.2, 0.25) is 0 Å². The number of alkyl halides is 1. The highest BCUT2D eigenvalue weighted by Crippen LogP contribution is 2.37. The molecule has 0 saturated carbocycles. The molecular formula is C24H24ClN5O6S. The summed E-state index contributed by atoms with van der Waals surface area (Å²) in [4.78, 5) is 25.3. The number of amides is 1. The first kappa shape index (κ1) is 26.3. The summed E-state index contributed by atoms with van der Waals surface area (Å²) in [7, 11) is -4.26. The van der Waals surface area contributed by atoms with Crippen LogP contribution >= 0.6 is 11.6 Å². The van der Waals surface area contributed by atoms with Crippen molar-refractivity contribution in [2.75, 3.05) is 6.54 Å². The number of nitro groups is 1. The number of halogens is 1. The van der Waals surface area contributed by atoms with Crippen LogP contribution in [0.5, 0.6) is 5.75 Å².